The smallest absolute Gasteiger partial charge is 0.0644 e. The molecule has 192 valence electrons. The maximum absolute atomic E-state index is 4.44. The minimum absolute atomic E-state index is 1.01. The lowest BCUT2D eigenvalue weighted by Crippen LogP contribution is -2.10. The number of hydrogen-bond donors (Lipinski definition) is 0. The van der Waals surface area contributed by atoms with Gasteiger partial charge in [-0.1, -0.05) is 84.9 Å². The van der Waals surface area contributed by atoms with Crippen LogP contribution in [-0.4, -0.2) is 9.97 Å². The summed E-state index contributed by atoms with van der Waals surface area (Å²) in [6.45, 7) is 0. The quantitative estimate of drug-likeness (QED) is 0.225. The molecule has 41 heavy (non-hydrogen) atoms. The van der Waals surface area contributed by atoms with E-state index in [4.69, 9.17) is 0 Å². The van der Waals surface area contributed by atoms with Gasteiger partial charge in [-0.25, -0.2) is 0 Å². The first kappa shape index (κ1) is 23.4. The number of benzene rings is 5. The first-order valence-corrected chi connectivity index (χ1v) is 13.8. The van der Waals surface area contributed by atoms with Crippen molar-refractivity contribution >= 4 is 27.8 Å². The van der Waals surface area contributed by atoms with E-state index in [0.717, 1.165) is 28.2 Å². The number of nitrogens with zero attached hydrogens (tertiary/aromatic N) is 3. The summed E-state index contributed by atoms with van der Waals surface area (Å²) in [7, 11) is 0. The molecule has 0 aliphatic heterocycles. The zero-order valence-corrected chi connectivity index (χ0v) is 22.3. The maximum atomic E-state index is 4.44. The molecule has 0 saturated heterocycles. The molecule has 0 spiro atoms. The van der Waals surface area contributed by atoms with Gasteiger partial charge in [0.15, 0.2) is 0 Å². The standard InChI is InChI=1S/C38H25N3/c1-2-12-34-33(11-1)36-14-4-13-35-32(19-20-37(34)38(35)36)27-7-3-9-30(23-27)41(31-10-6-22-40-25-31)29-17-15-26(16-18-29)28-8-5-21-39-24-28/h1-25H. The molecule has 3 heteroatoms. The molecule has 0 radical (unpaired) electrons. The van der Waals surface area contributed by atoms with Crippen molar-refractivity contribution in [3.8, 4) is 44.5 Å². The van der Waals surface area contributed by atoms with Gasteiger partial charge in [0.1, 0.15) is 0 Å². The van der Waals surface area contributed by atoms with Crippen LogP contribution in [-0.2, 0) is 0 Å². The van der Waals surface area contributed by atoms with E-state index in [2.05, 4.69) is 130 Å². The molecule has 1 aliphatic carbocycles. The van der Waals surface area contributed by atoms with Crippen molar-refractivity contribution in [2.75, 3.05) is 4.90 Å². The van der Waals surface area contributed by atoms with Crippen molar-refractivity contribution in [1.82, 2.24) is 9.97 Å². The van der Waals surface area contributed by atoms with Gasteiger partial charge in [0.25, 0.3) is 0 Å². The third-order valence-corrected chi connectivity index (χ3v) is 7.99. The fraction of sp³-hybridized carbons (Fsp3) is 0. The monoisotopic (exact) mass is 523 g/mol. The lowest BCUT2D eigenvalue weighted by molar-refractivity contribution is 1.23. The highest BCUT2D eigenvalue weighted by Gasteiger charge is 2.22. The Balaban J connectivity index is 1.25. The van der Waals surface area contributed by atoms with E-state index in [1.165, 1.54) is 44.2 Å². The number of fused-ring (bicyclic) bond motifs is 3. The van der Waals surface area contributed by atoms with Gasteiger partial charge in [-0.15, -0.1) is 0 Å². The van der Waals surface area contributed by atoms with Crippen LogP contribution in [0.1, 0.15) is 0 Å². The van der Waals surface area contributed by atoms with Crippen molar-refractivity contribution in [2.24, 2.45) is 0 Å². The fourth-order valence-corrected chi connectivity index (χ4v) is 6.14. The Labute approximate surface area is 239 Å². The molecule has 0 unspecified atom stereocenters. The van der Waals surface area contributed by atoms with Crippen LogP contribution in [0, 0.1) is 0 Å². The van der Waals surface area contributed by atoms with E-state index in [1.807, 2.05) is 30.7 Å². The van der Waals surface area contributed by atoms with E-state index in [1.54, 1.807) is 6.20 Å². The van der Waals surface area contributed by atoms with Gasteiger partial charge < -0.3 is 4.90 Å². The zero-order chi connectivity index (χ0) is 27.2. The molecule has 5 aromatic carbocycles. The highest BCUT2D eigenvalue weighted by molar-refractivity contribution is 6.18. The van der Waals surface area contributed by atoms with Gasteiger partial charge >= 0.3 is 0 Å². The van der Waals surface area contributed by atoms with Crippen molar-refractivity contribution in [3.63, 3.8) is 0 Å². The first-order chi connectivity index (χ1) is 20.3. The highest BCUT2D eigenvalue weighted by Crippen LogP contribution is 2.49. The Morgan fingerprint density at radius 2 is 1.05 bits per heavy atom. The Morgan fingerprint density at radius 1 is 0.390 bits per heavy atom. The Morgan fingerprint density at radius 3 is 1.80 bits per heavy atom. The molecular weight excluding hydrogens is 498 g/mol. The normalized spacial score (nSPS) is 11.4. The number of rotatable bonds is 5. The maximum Gasteiger partial charge on any atom is 0.0644 e. The average molecular weight is 524 g/mol. The van der Waals surface area contributed by atoms with Crippen LogP contribution in [0.2, 0.25) is 0 Å². The molecule has 0 saturated carbocycles. The summed E-state index contributed by atoms with van der Waals surface area (Å²) >= 11 is 0. The summed E-state index contributed by atoms with van der Waals surface area (Å²) in [4.78, 5) is 11.0. The topological polar surface area (TPSA) is 29.0 Å². The number of pyridine rings is 2. The van der Waals surface area contributed by atoms with Gasteiger partial charge in [-0.2, -0.15) is 0 Å². The number of hydrogen-bond acceptors (Lipinski definition) is 3. The van der Waals surface area contributed by atoms with Crippen LogP contribution in [0.5, 0.6) is 0 Å². The van der Waals surface area contributed by atoms with Gasteiger partial charge in [0.05, 0.1) is 11.9 Å². The van der Waals surface area contributed by atoms with Crippen LogP contribution in [0.3, 0.4) is 0 Å². The first-order valence-electron chi connectivity index (χ1n) is 13.8. The second-order valence-electron chi connectivity index (χ2n) is 10.3. The Bertz CT molecular complexity index is 2000. The molecule has 2 heterocycles. The van der Waals surface area contributed by atoms with E-state index < -0.39 is 0 Å². The predicted molar refractivity (Wildman–Crippen MR) is 170 cm³/mol. The lowest BCUT2D eigenvalue weighted by atomic mass is 9.94. The molecule has 0 bridgehead atoms. The molecule has 3 nitrogen and oxygen atoms in total. The van der Waals surface area contributed by atoms with Crippen LogP contribution >= 0.6 is 0 Å². The molecule has 0 amide bonds. The van der Waals surface area contributed by atoms with Crippen LogP contribution in [0.15, 0.2) is 152 Å². The molecule has 7 aromatic rings. The summed E-state index contributed by atoms with van der Waals surface area (Å²) in [5, 5.41) is 2.62. The van der Waals surface area contributed by atoms with Gasteiger partial charge in [0.2, 0.25) is 0 Å². The van der Waals surface area contributed by atoms with E-state index in [9.17, 15) is 0 Å². The van der Waals surface area contributed by atoms with E-state index in [-0.39, 0.29) is 0 Å². The van der Waals surface area contributed by atoms with Gasteiger partial charge in [0, 0.05) is 30.0 Å². The van der Waals surface area contributed by atoms with Crippen LogP contribution < -0.4 is 4.90 Å². The van der Waals surface area contributed by atoms with Crippen molar-refractivity contribution in [1.29, 1.82) is 0 Å². The molecule has 8 rings (SSSR count). The number of anilines is 3. The van der Waals surface area contributed by atoms with Crippen molar-refractivity contribution in [2.45, 2.75) is 0 Å². The Kier molecular flexibility index (Phi) is 5.46. The third-order valence-electron chi connectivity index (χ3n) is 7.99. The zero-order valence-electron chi connectivity index (χ0n) is 22.3. The number of aromatic nitrogens is 2. The van der Waals surface area contributed by atoms with E-state index in [0.29, 0.717) is 0 Å². The third kappa shape index (κ3) is 3.90. The molecule has 0 N–H and O–H groups in total. The minimum Gasteiger partial charge on any atom is -0.309 e. The second kappa shape index (κ2) is 9.58. The van der Waals surface area contributed by atoms with Gasteiger partial charge in [-0.3, -0.25) is 9.97 Å². The lowest BCUT2D eigenvalue weighted by Gasteiger charge is -2.26. The molecular formula is C38H25N3. The average Bonchev–Trinajstić information content (AvgIpc) is 3.38. The summed E-state index contributed by atoms with van der Waals surface area (Å²) < 4.78 is 0. The molecule has 1 aliphatic rings. The summed E-state index contributed by atoms with van der Waals surface area (Å²) in [5.74, 6) is 0. The van der Waals surface area contributed by atoms with Crippen molar-refractivity contribution in [3.05, 3.63) is 152 Å². The summed E-state index contributed by atoms with van der Waals surface area (Å²) in [6, 6.07) is 45.6. The molecule has 0 atom stereocenters. The van der Waals surface area contributed by atoms with E-state index >= 15 is 0 Å². The van der Waals surface area contributed by atoms with Crippen LogP contribution in [0.25, 0.3) is 55.3 Å². The largest absolute Gasteiger partial charge is 0.309 e. The predicted octanol–water partition coefficient (Wildman–Crippen LogP) is 10.1. The van der Waals surface area contributed by atoms with Gasteiger partial charge in [-0.05, 0) is 97.7 Å². The van der Waals surface area contributed by atoms with Crippen molar-refractivity contribution < 1.29 is 0 Å². The summed E-state index contributed by atoms with van der Waals surface area (Å²) in [5.41, 5.74) is 13.1. The highest BCUT2D eigenvalue weighted by atomic mass is 15.1. The minimum atomic E-state index is 1.01. The second-order valence-corrected chi connectivity index (χ2v) is 10.3. The fourth-order valence-electron chi connectivity index (χ4n) is 6.14. The van der Waals surface area contributed by atoms with Crippen LogP contribution in [0.4, 0.5) is 17.1 Å². The molecule has 2 aromatic heterocycles. The summed E-state index contributed by atoms with van der Waals surface area (Å²) in [6.07, 6.45) is 7.43. The molecule has 0 fully saturated rings. The Hall–Kier alpha value is -5.54. The SMILES string of the molecule is c1cncc(-c2ccc(N(c3cccnc3)c3cccc(-c4ccc5c6c(cccc46)-c4ccccc4-5)c3)cc2)c1.